The molecule has 0 saturated carbocycles. The van der Waals surface area contributed by atoms with Crippen molar-refractivity contribution in [1.82, 2.24) is 9.80 Å². The minimum Gasteiger partial charge on any atom is -0.473 e. The molecular formula is C30H54N2O3. The van der Waals surface area contributed by atoms with Crippen LogP contribution >= 0.6 is 0 Å². The molecule has 0 N–H and O–H groups in total. The zero-order chi connectivity index (χ0) is 25.1. The first-order valence-electron chi connectivity index (χ1n) is 14.7. The third kappa shape index (κ3) is 12.0. The average molecular weight is 491 g/mol. The van der Waals surface area contributed by atoms with E-state index in [-0.39, 0.29) is 12.5 Å². The summed E-state index contributed by atoms with van der Waals surface area (Å²) < 4.78 is 19.1. The first-order valence-corrected chi connectivity index (χ1v) is 14.7. The van der Waals surface area contributed by atoms with E-state index in [0.717, 1.165) is 37.7 Å². The fraction of sp³-hybridized carbons (Fsp3) is 0.800. The second kappa shape index (κ2) is 18.9. The van der Waals surface area contributed by atoms with Gasteiger partial charge in [-0.3, -0.25) is 9.80 Å². The van der Waals surface area contributed by atoms with E-state index in [2.05, 4.69) is 37.5 Å². The summed E-state index contributed by atoms with van der Waals surface area (Å²) in [7, 11) is 0. The molecule has 0 radical (unpaired) electrons. The summed E-state index contributed by atoms with van der Waals surface area (Å²) in [6, 6.07) is 8.14. The number of hydrogen-bond donors (Lipinski definition) is 0. The van der Waals surface area contributed by atoms with Crippen LogP contribution in [-0.2, 0) is 4.74 Å². The van der Waals surface area contributed by atoms with Gasteiger partial charge in [0.05, 0.1) is 13.2 Å². The van der Waals surface area contributed by atoms with E-state index in [1.807, 2.05) is 24.3 Å². The summed E-state index contributed by atoms with van der Waals surface area (Å²) in [4.78, 5) is 4.85. The van der Waals surface area contributed by atoms with Crippen molar-refractivity contribution in [1.29, 1.82) is 0 Å². The SMILES string of the molecule is CCCCCCCCN(CC)C1COCC(N(CC)CCCCCCCC)Oc2ccc(cc2)O1. The minimum absolute atomic E-state index is 0.0751. The number of benzene rings is 1. The van der Waals surface area contributed by atoms with Gasteiger partial charge < -0.3 is 14.2 Å². The second-order valence-electron chi connectivity index (χ2n) is 9.95. The molecule has 2 heterocycles. The van der Waals surface area contributed by atoms with Gasteiger partial charge in [-0.1, -0.05) is 91.9 Å². The second-order valence-corrected chi connectivity index (χ2v) is 9.95. The first-order chi connectivity index (χ1) is 17.2. The molecule has 1 aromatic rings. The molecule has 0 aromatic heterocycles. The Morgan fingerprint density at radius 2 is 0.943 bits per heavy atom. The third-order valence-corrected chi connectivity index (χ3v) is 7.11. The Hall–Kier alpha value is -1.30. The van der Waals surface area contributed by atoms with E-state index in [9.17, 15) is 0 Å². The van der Waals surface area contributed by atoms with Crippen LogP contribution in [0.15, 0.2) is 24.3 Å². The van der Waals surface area contributed by atoms with Crippen LogP contribution in [0.2, 0.25) is 0 Å². The van der Waals surface area contributed by atoms with Crippen molar-refractivity contribution in [2.45, 2.75) is 117 Å². The lowest BCUT2D eigenvalue weighted by Crippen LogP contribution is -2.46. The van der Waals surface area contributed by atoms with E-state index >= 15 is 0 Å². The van der Waals surface area contributed by atoms with Gasteiger partial charge in [0.15, 0.2) is 12.5 Å². The maximum absolute atomic E-state index is 6.41. The minimum atomic E-state index is -0.0751. The van der Waals surface area contributed by atoms with Crippen molar-refractivity contribution in [2.24, 2.45) is 0 Å². The van der Waals surface area contributed by atoms with Crippen molar-refractivity contribution < 1.29 is 14.2 Å². The molecule has 5 heteroatoms. The van der Waals surface area contributed by atoms with Crippen LogP contribution in [0.25, 0.3) is 0 Å². The largest absolute Gasteiger partial charge is 0.473 e. The van der Waals surface area contributed by atoms with E-state index in [1.54, 1.807) is 0 Å². The van der Waals surface area contributed by atoms with Crippen molar-refractivity contribution in [2.75, 3.05) is 39.4 Å². The maximum Gasteiger partial charge on any atom is 0.176 e. The third-order valence-electron chi connectivity index (χ3n) is 7.11. The Morgan fingerprint density at radius 3 is 1.31 bits per heavy atom. The van der Waals surface area contributed by atoms with Crippen LogP contribution in [0.5, 0.6) is 11.5 Å². The summed E-state index contributed by atoms with van der Waals surface area (Å²) in [6.07, 6.45) is 15.5. The van der Waals surface area contributed by atoms with Crippen LogP contribution in [0, 0.1) is 0 Å². The predicted octanol–water partition coefficient (Wildman–Crippen LogP) is 7.49. The smallest absolute Gasteiger partial charge is 0.176 e. The monoisotopic (exact) mass is 490 g/mol. The molecule has 35 heavy (non-hydrogen) atoms. The summed E-state index contributed by atoms with van der Waals surface area (Å²) in [5.41, 5.74) is 0. The molecule has 2 aliphatic rings. The standard InChI is InChI=1S/C30H54N2O3/c1-5-9-11-13-15-17-23-31(7-3)29-25-33-26-30(35-28-21-19-27(34-29)20-22-28)32(8-4)24-18-16-14-12-10-6-2/h19-22,29-30H,5-18,23-26H2,1-4H3. The molecular weight excluding hydrogens is 436 g/mol. The summed E-state index contributed by atoms with van der Waals surface area (Å²) in [5, 5.41) is 0. The van der Waals surface area contributed by atoms with Gasteiger partial charge in [0.2, 0.25) is 0 Å². The number of rotatable bonds is 18. The van der Waals surface area contributed by atoms with Crippen LogP contribution < -0.4 is 9.47 Å². The van der Waals surface area contributed by atoms with Crippen molar-refractivity contribution >= 4 is 0 Å². The Labute approximate surface area is 216 Å². The van der Waals surface area contributed by atoms with Gasteiger partial charge in [0.25, 0.3) is 0 Å². The van der Waals surface area contributed by atoms with Crippen LogP contribution in [0.3, 0.4) is 0 Å². The lowest BCUT2D eigenvalue weighted by atomic mass is 10.1. The molecule has 0 saturated heterocycles. The highest BCUT2D eigenvalue weighted by Crippen LogP contribution is 2.23. The molecule has 202 valence electrons. The first kappa shape index (κ1) is 29.9. The average Bonchev–Trinajstić information content (AvgIpc) is 2.94. The molecule has 2 unspecified atom stereocenters. The number of ether oxygens (including phenoxy) is 3. The summed E-state index contributed by atoms with van der Waals surface area (Å²) >= 11 is 0. The number of nitrogens with zero attached hydrogens (tertiary/aromatic N) is 2. The molecule has 2 atom stereocenters. The number of fused-ring (bicyclic) bond motifs is 8. The van der Waals surface area contributed by atoms with E-state index in [0.29, 0.717) is 13.2 Å². The highest BCUT2D eigenvalue weighted by Gasteiger charge is 2.24. The highest BCUT2D eigenvalue weighted by molar-refractivity contribution is 5.31. The van der Waals surface area contributed by atoms with Gasteiger partial charge >= 0.3 is 0 Å². The zero-order valence-electron chi connectivity index (χ0n) is 23.3. The number of hydrogen-bond acceptors (Lipinski definition) is 5. The zero-order valence-corrected chi connectivity index (χ0v) is 23.3. The topological polar surface area (TPSA) is 34.2 Å². The molecule has 0 spiro atoms. The van der Waals surface area contributed by atoms with Gasteiger partial charge in [-0.05, 0) is 50.2 Å². The van der Waals surface area contributed by atoms with Crippen LogP contribution in [0.1, 0.15) is 105 Å². The fourth-order valence-corrected chi connectivity index (χ4v) is 4.81. The Bertz CT molecular complexity index is 572. The van der Waals surface area contributed by atoms with E-state index < -0.39 is 0 Å². The van der Waals surface area contributed by atoms with Crippen LogP contribution in [0.4, 0.5) is 0 Å². The highest BCUT2D eigenvalue weighted by atomic mass is 16.6. The molecule has 0 amide bonds. The molecule has 2 aliphatic heterocycles. The molecule has 3 rings (SSSR count). The van der Waals surface area contributed by atoms with Gasteiger partial charge in [-0.15, -0.1) is 0 Å². The lowest BCUT2D eigenvalue weighted by molar-refractivity contribution is -0.0827. The van der Waals surface area contributed by atoms with Crippen molar-refractivity contribution in [3.63, 3.8) is 0 Å². The van der Waals surface area contributed by atoms with Gasteiger partial charge in [-0.2, -0.15) is 0 Å². The summed E-state index contributed by atoms with van der Waals surface area (Å²) in [5.74, 6) is 1.76. The Kier molecular flexibility index (Phi) is 16.2. The van der Waals surface area contributed by atoms with E-state index in [4.69, 9.17) is 14.2 Å². The van der Waals surface area contributed by atoms with Gasteiger partial charge in [-0.25, -0.2) is 0 Å². The van der Waals surface area contributed by atoms with E-state index in [1.165, 1.54) is 77.0 Å². The van der Waals surface area contributed by atoms with Crippen LogP contribution in [-0.4, -0.2) is 61.6 Å². The molecule has 2 bridgehead atoms. The van der Waals surface area contributed by atoms with Crippen molar-refractivity contribution in [3.8, 4) is 11.5 Å². The Morgan fingerprint density at radius 1 is 0.571 bits per heavy atom. The quantitative estimate of drug-likeness (QED) is 0.157. The van der Waals surface area contributed by atoms with Crippen molar-refractivity contribution in [3.05, 3.63) is 24.3 Å². The lowest BCUT2D eigenvalue weighted by Gasteiger charge is -2.32. The fourth-order valence-electron chi connectivity index (χ4n) is 4.81. The molecule has 1 aromatic carbocycles. The Balaban J connectivity index is 1.94. The molecule has 5 nitrogen and oxygen atoms in total. The summed E-state index contributed by atoms with van der Waals surface area (Å²) in [6.45, 7) is 14.1. The molecule has 0 aliphatic carbocycles. The van der Waals surface area contributed by atoms with Gasteiger partial charge in [0, 0.05) is 13.1 Å². The number of unbranched alkanes of at least 4 members (excludes halogenated alkanes) is 10. The maximum atomic E-state index is 6.41. The van der Waals surface area contributed by atoms with Gasteiger partial charge in [0.1, 0.15) is 11.5 Å². The predicted molar refractivity (Wildman–Crippen MR) is 147 cm³/mol. The molecule has 0 fully saturated rings. The normalized spacial score (nSPS) is 18.5. The number of likely N-dealkylation sites (N-methyl/N-ethyl adjacent to an activating group) is 2.